The second kappa shape index (κ2) is 8.70. The lowest BCUT2D eigenvalue weighted by molar-refractivity contribution is -0.115. The number of benzene rings is 1. The topological polar surface area (TPSA) is 83.6 Å². The van der Waals surface area contributed by atoms with Gasteiger partial charge < -0.3 is 20.3 Å². The van der Waals surface area contributed by atoms with Gasteiger partial charge in [0.1, 0.15) is 5.69 Å². The Kier molecular flexibility index (Phi) is 6.09. The molecule has 0 unspecified atom stereocenters. The van der Waals surface area contributed by atoms with Crippen LogP contribution in [0.4, 0.5) is 24.5 Å². The van der Waals surface area contributed by atoms with E-state index >= 15 is 0 Å². The van der Waals surface area contributed by atoms with Gasteiger partial charge in [-0.1, -0.05) is 0 Å². The molecule has 0 atom stereocenters. The Morgan fingerprint density at radius 1 is 1.11 bits per heavy atom. The molecular formula is C18H17F3N4O3. The van der Waals surface area contributed by atoms with Gasteiger partial charge >= 0.3 is 0 Å². The van der Waals surface area contributed by atoms with E-state index in [0.717, 1.165) is 11.8 Å². The number of anilines is 2. The molecule has 0 aliphatic carbocycles. The van der Waals surface area contributed by atoms with Gasteiger partial charge in [0.25, 0.3) is 5.91 Å². The van der Waals surface area contributed by atoms with Crippen molar-refractivity contribution in [1.82, 2.24) is 10.3 Å². The largest absolute Gasteiger partial charge is 0.378 e. The Balaban J connectivity index is 1.58. The number of carbonyl (C=O) groups excluding carboxylic acids is 2. The Bertz CT molecular complexity index is 888. The lowest BCUT2D eigenvalue weighted by Crippen LogP contribution is -2.37. The van der Waals surface area contributed by atoms with E-state index in [9.17, 15) is 22.8 Å². The molecular weight excluding hydrogens is 377 g/mol. The third kappa shape index (κ3) is 4.58. The van der Waals surface area contributed by atoms with E-state index in [1.807, 2.05) is 4.90 Å². The van der Waals surface area contributed by atoms with Crippen LogP contribution in [0.3, 0.4) is 0 Å². The molecule has 0 bridgehead atoms. The summed E-state index contributed by atoms with van der Waals surface area (Å²) in [6, 6.07) is 4.93. The standard InChI is InChI=1S/C18H17F3N4O3/c19-12-1-2-13(17(21)16(12)20)24-15(26)10-23-18(27)14-9-11(3-4-22-14)25-5-7-28-8-6-25/h1-4,9H,5-8,10H2,(H,23,27)(H,24,26). The van der Waals surface area contributed by atoms with Gasteiger partial charge in [-0.25, -0.2) is 13.2 Å². The number of carbonyl (C=O) groups is 2. The van der Waals surface area contributed by atoms with Crippen molar-refractivity contribution in [3.63, 3.8) is 0 Å². The highest BCUT2D eigenvalue weighted by Crippen LogP contribution is 2.19. The average molecular weight is 394 g/mol. The number of hydrogen-bond acceptors (Lipinski definition) is 5. The van der Waals surface area contributed by atoms with Gasteiger partial charge in [0.2, 0.25) is 5.91 Å². The number of nitrogens with zero attached hydrogens (tertiary/aromatic N) is 2. The maximum absolute atomic E-state index is 13.6. The van der Waals surface area contributed by atoms with Crippen LogP contribution in [0, 0.1) is 17.5 Å². The zero-order valence-electron chi connectivity index (χ0n) is 14.7. The van der Waals surface area contributed by atoms with Gasteiger partial charge in [0, 0.05) is 25.0 Å². The maximum Gasteiger partial charge on any atom is 0.270 e. The number of ether oxygens (including phenoxy) is 1. The highest BCUT2D eigenvalue weighted by atomic mass is 19.2. The lowest BCUT2D eigenvalue weighted by atomic mass is 10.2. The van der Waals surface area contributed by atoms with E-state index in [-0.39, 0.29) is 5.69 Å². The summed E-state index contributed by atoms with van der Waals surface area (Å²) >= 11 is 0. The van der Waals surface area contributed by atoms with Crippen molar-refractivity contribution < 1.29 is 27.5 Å². The van der Waals surface area contributed by atoms with Crippen molar-refractivity contribution in [2.24, 2.45) is 0 Å². The minimum atomic E-state index is -1.69. The zero-order chi connectivity index (χ0) is 20.1. The Labute approximate surface area is 158 Å². The number of aromatic nitrogens is 1. The van der Waals surface area contributed by atoms with E-state index in [2.05, 4.69) is 15.6 Å². The number of hydrogen-bond donors (Lipinski definition) is 2. The van der Waals surface area contributed by atoms with E-state index in [0.29, 0.717) is 32.4 Å². The van der Waals surface area contributed by atoms with Crippen molar-refractivity contribution >= 4 is 23.2 Å². The van der Waals surface area contributed by atoms with Crippen LogP contribution in [0.15, 0.2) is 30.5 Å². The lowest BCUT2D eigenvalue weighted by Gasteiger charge is -2.28. The molecule has 28 heavy (non-hydrogen) atoms. The molecule has 7 nitrogen and oxygen atoms in total. The molecule has 3 rings (SSSR count). The summed E-state index contributed by atoms with van der Waals surface area (Å²) in [5, 5.41) is 4.42. The maximum atomic E-state index is 13.6. The molecule has 148 valence electrons. The summed E-state index contributed by atoms with van der Waals surface area (Å²) in [6.07, 6.45) is 1.48. The summed E-state index contributed by atoms with van der Waals surface area (Å²) in [7, 11) is 0. The van der Waals surface area contributed by atoms with Gasteiger partial charge in [-0.2, -0.15) is 0 Å². The molecule has 2 heterocycles. The van der Waals surface area contributed by atoms with Crippen molar-refractivity contribution in [1.29, 1.82) is 0 Å². The Morgan fingerprint density at radius 2 is 1.86 bits per heavy atom. The van der Waals surface area contributed by atoms with Crippen LogP contribution in [-0.2, 0) is 9.53 Å². The van der Waals surface area contributed by atoms with E-state index in [1.165, 1.54) is 6.20 Å². The molecule has 1 aliphatic heterocycles. The molecule has 10 heteroatoms. The molecule has 0 saturated carbocycles. The Morgan fingerprint density at radius 3 is 2.61 bits per heavy atom. The van der Waals surface area contributed by atoms with Crippen LogP contribution in [0.2, 0.25) is 0 Å². The van der Waals surface area contributed by atoms with Crippen LogP contribution in [0.1, 0.15) is 10.5 Å². The van der Waals surface area contributed by atoms with Crippen LogP contribution in [-0.4, -0.2) is 49.6 Å². The molecule has 1 aromatic carbocycles. The van der Waals surface area contributed by atoms with Crippen molar-refractivity contribution in [3.05, 3.63) is 53.6 Å². The van der Waals surface area contributed by atoms with Crippen molar-refractivity contribution in [2.75, 3.05) is 43.1 Å². The molecule has 2 amide bonds. The highest BCUT2D eigenvalue weighted by molar-refractivity contribution is 5.98. The van der Waals surface area contributed by atoms with E-state index < -0.39 is 41.5 Å². The van der Waals surface area contributed by atoms with Crippen LogP contribution >= 0.6 is 0 Å². The quantitative estimate of drug-likeness (QED) is 0.755. The first-order valence-electron chi connectivity index (χ1n) is 8.46. The average Bonchev–Trinajstić information content (AvgIpc) is 2.73. The third-order valence-corrected chi connectivity index (χ3v) is 4.07. The number of morpholine rings is 1. The number of pyridine rings is 1. The number of nitrogens with one attached hydrogen (secondary N) is 2. The number of halogens is 3. The van der Waals surface area contributed by atoms with E-state index in [1.54, 1.807) is 12.1 Å². The minimum absolute atomic E-state index is 0.107. The predicted octanol–water partition coefficient (Wildman–Crippen LogP) is 1.70. The zero-order valence-corrected chi connectivity index (χ0v) is 14.7. The second-order valence-electron chi connectivity index (χ2n) is 5.95. The normalized spacial score (nSPS) is 13.9. The molecule has 1 aromatic heterocycles. The van der Waals surface area contributed by atoms with Gasteiger partial charge in [-0.05, 0) is 24.3 Å². The van der Waals surface area contributed by atoms with Gasteiger partial charge in [-0.15, -0.1) is 0 Å². The number of rotatable bonds is 5. The monoisotopic (exact) mass is 394 g/mol. The van der Waals surface area contributed by atoms with Gasteiger partial charge in [-0.3, -0.25) is 14.6 Å². The van der Waals surface area contributed by atoms with Crippen molar-refractivity contribution in [3.8, 4) is 0 Å². The summed E-state index contributed by atoms with van der Waals surface area (Å²) in [6.45, 7) is 2.05. The molecule has 2 N–H and O–H groups in total. The SMILES string of the molecule is O=C(CNC(=O)c1cc(N2CCOCC2)ccn1)Nc1ccc(F)c(F)c1F. The van der Waals surface area contributed by atoms with Gasteiger partial charge in [0.05, 0.1) is 25.4 Å². The first kappa shape index (κ1) is 19.6. The van der Waals surface area contributed by atoms with Crippen LogP contribution in [0.25, 0.3) is 0 Å². The van der Waals surface area contributed by atoms with Crippen LogP contribution in [0.5, 0.6) is 0 Å². The fourth-order valence-electron chi connectivity index (χ4n) is 2.63. The summed E-state index contributed by atoms with van der Waals surface area (Å²) in [4.78, 5) is 30.1. The number of amides is 2. The first-order valence-corrected chi connectivity index (χ1v) is 8.46. The van der Waals surface area contributed by atoms with Crippen LogP contribution < -0.4 is 15.5 Å². The minimum Gasteiger partial charge on any atom is -0.378 e. The third-order valence-electron chi connectivity index (χ3n) is 4.07. The molecule has 2 aromatic rings. The Hall–Kier alpha value is -3.14. The first-order chi connectivity index (χ1) is 13.5. The summed E-state index contributed by atoms with van der Waals surface area (Å²) in [5.74, 6) is -5.97. The second-order valence-corrected chi connectivity index (χ2v) is 5.95. The smallest absolute Gasteiger partial charge is 0.270 e. The van der Waals surface area contributed by atoms with E-state index in [4.69, 9.17) is 4.74 Å². The molecule has 0 spiro atoms. The molecule has 1 saturated heterocycles. The molecule has 0 radical (unpaired) electrons. The van der Waals surface area contributed by atoms with Gasteiger partial charge in [0.15, 0.2) is 17.5 Å². The fourth-order valence-corrected chi connectivity index (χ4v) is 2.63. The molecule has 1 aliphatic rings. The molecule has 1 fully saturated rings. The predicted molar refractivity (Wildman–Crippen MR) is 94.5 cm³/mol. The fraction of sp³-hybridized carbons (Fsp3) is 0.278. The summed E-state index contributed by atoms with van der Waals surface area (Å²) in [5.41, 5.74) is 0.387. The summed E-state index contributed by atoms with van der Waals surface area (Å²) < 4.78 is 44.9. The van der Waals surface area contributed by atoms with Crippen molar-refractivity contribution in [2.45, 2.75) is 0 Å². The highest BCUT2D eigenvalue weighted by Gasteiger charge is 2.17.